The van der Waals surface area contributed by atoms with E-state index in [1.165, 1.54) is 12.8 Å². The average Bonchev–Trinajstić information content (AvgIpc) is 3.00. The zero-order valence-electron chi connectivity index (χ0n) is 28.3. The fraction of sp³-hybridized carbons (Fsp3) is 0.571. The molecule has 0 radical (unpaired) electrons. The second-order valence-electron chi connectivity index (χ2n) is 8.04. The molecule has 0 aliphatic carbocycles. The molecule has 40 heavy (non-hydrogen) atoms. The number of benzene rings is 2. The first-order chi connectivity index (χ1) is 19.1. The van der Waals surface area contributed by atoms with Crippen LogP contribution in [-0.4, -0.2) is 37.6 Å². The second-order valence-corrected chi connectivity index (χ2v) is 8.04. The number of carbonyl (C=O) groups is 3. The maximum absolute atomic E-state index is 10.3. The third-order valence-electron chi connectivity index (χ3n) is 3.67. The molecule has 0 atom stereocenters. The summed E-state index contributed by atoms with van der Waals surface area (Å²) in [5.74, 6) is 0.725. The molecule has 0 saturated carbocycles. The van der Waals surface area contributed by atoms with Crippen LogP contribution in [-0.2, 0) is 14.4 Å². The molecule has 5 heteroatoms. The smallest absolute Gasteiger partial charge is 0.219 e. The van der Waals surface area contributed by atoms with Crippen LogP contribution in [0.4, 0.5) is 0 Å². The first-order valence-electron chi connectivity index (χ1n) is 15.1. The molecule has 0 spiro atoms. The predicted molar refractivity (Wildman–Crippen MR) is 180 cm³/mol. The molecule has 2 N–H and O–H groups in total. The van der Waals surface area contributed by atoms with E-state index in [1.54, 1.807) is 6.92 Å². The van der Waals surface area contributed by atoms with Gasteiger partial charge in [0.2, 0.25) is 5.91 Å². The van der Waals surface area contributed by atoms with E-state index in [4.69, 9.17) is 0 Å². The Morgan fingerprint density at radius 2 is 0.700 bits per heavy atom. The van der Waals surface area contributed by atoms with Crippen molar-refractivity contribution in [1.82, 2.24) is 10.6 Å². The Kier molecular flexibility index (Phi) is 70.6. The Morgan fingerprint density at radius 3 is 0.750 bits per heavy atom. The quantitative estimate of drug-likeness (QED) is 0.368. The zero-order chi connectivity index (χ0) is 32.3. The molecule has 0 heterocycles. The lowest BCUT2D eigenvalue weighted by atomic mass is 10.3. The van der Waals surface area contributed by atoms with Crippen molar-refractivity contribution in [2.75, 3.05) is 20.1 Å². The van der Waals surface area contributed by atoms with E-state index in [1.807, 2.05) is 114 Å². The van der Waals surface area contributed by atoms with Crippen LogP contribution in [0, 0.1) is 0 Å². The molecular weight excluding hydrogens is 496 g/mol. The number of ketones is 2. The van der Waals surface area contributed by atoms with Crippen LogP contribution in [0.15, 0.2) is 72.8 Å². The molecule has 0 aromatic heterocycles. The van der Waals surface area contributed by atoms with Crippen LogP contribution in [0.1, 0.15) is 115 Å². The summed E-state index contributed by atoms with van der Waals surface area (Å²) in [5.41, 5.74) is 0. The molecule has 0 aliphatic heterocycles. The first kappa shape index (κ1) is 50.1. The molecule has 0 unspecified atom stereocenters. The summed E-state index contributed by atoms with van der Waals surface area (Å²) in [6, 6.07) is 24.0. The number of hydrogen-bond donors (Lipinski definition) is 2. The normalized spacial score (nSPS) is 7.70. The molecule has 2 aromatic carbocycles. The molecule has 0 fully saturated rings. The van der Waals surface area contributed by atoms with Crippen LogP contribution in [0.2, 0.25) is 0 Å². The van der Waals surface area contributed by atoms with Crippen LogP contribution in [0.5, 0.6) is 0 Å². The third kappa shape index (κ3) is 91.6. The van der Waals surface area contributed by atoms with Crippen LogP contribution in [0.25, 0.3) is 0 Å². The van der Waals surface area contributed by atoms with Gasteiger partial charge in [0, 0.05) is 32.2 Å². The molecule has 1 amide bonds. The Balaban J connectivity index is -0.0000000839. The highest BCUT2D eigenvalue weighted by Crippen LogP contribution is 1.83. The van der Waals surface area contributed by atoms with Gasteiger partial charge in [-0.05, 0) is 27.4 Å². The van der Waals surface area contributed by atoms with Crippen LogP contribution >= 0.6 is 0 Å². The van der Waals surface area contributed by atoms with Crippen molar-refractivity contribution in [3.63, 3.8) is 0 Å². The molecule has 5 nitrogen and oxygen atoms in total. The summed E-state index contributed by atoms with van der Waals surface area (Å²) >= 11 is 0. The highest BCUT2D eigenvalue weighted by molar-refractivity contribution is 5.77. The molecule has 0 saturated heterocycles. The Bertz CT molecular complexity index is 568. The number of carbonyl (C=O) groups excluding carboxylic acids is 3. The minimum atomic E-state index is 0.127. The van der Waals surface area contributed by atoms with Crippen molar-refractivity contribution in [2.45, 2.75) is 115 Å². The fourth-order valence-electron chi connectivity index (χ4n) is 1.34. The Labute approximate surface area is 250 Å². The molecule has 234 valence electrons. The first-order valence-corrected chi connectivity index (χ1v) is 15.1. The van der Waals surface area contributed by atoms with E-state index in [0.29, 0.717) is 31.5 Å². The molecule has 2 aromatic rings. The van der Waals surface area contributed by atoms with E-state index < -0.39 is 0 Å². The third-order valence-corrected chi connectivity index (χ3v) is 3.67. The predicted octanol–water partition coefficient (Wildman–Crippen LogP) is 9.32. The van der Waals surface area contributed by atoms with E-state index >= 15 is 0 Å². The van der Waals surface area contributed by atoms with Gasteiger partial charge in [0.15, 0.2) is 0 Å². The second kappa shape index (κ2) is 56.4. The number of nitrogens with one attached hydrogen (secondary N) is 2. The van der Waals surface area contributed by atoms with E-state index in [9.17, 15) is 14.4 Å². The fourth-order valence-corrected chi connectivity index (χ4v) is 1.34. The highest BCUT2D eigenvalue weighted by atomic mass is 16.1. The van der Waals surface area contributed by atoms with E-state index in [-0.39, 0.29) is 11.7 Å². The number of hydrogen-bond acceptors (Lipinski definition) is 4. The van der Waals surface area contributed by atoms with Gasteiger partial charge in [0.25, 0.3) is 0 Å². The van der Waals surface area contributed by atoms with Crippen molar-refractivity contribution >= 4 is 17.5 Å². The standard InChI is InChI=1S/2C6H6.C5H11NO.C5H10O.C4H8O.C3H9N.2C3H8/c2*1-2-4-6-5-3-1;1-3-5(7)6-4-2;1-3-5(6)4-2;1-3-4(2)5;1-3-4-2;2*1-3-2/h2*1-6H;3-4H2,1-2H3,(H,6,7);3-4H2,1-2H3;3H2,1-2H3;4H,3H2,1-2H3;2*3H2,1-2H3. The highest BCUT2D eigenvalue weighted by Gasteiger charge is 1.88. The average molecular weight is 563 g/mol. The Morgan fingerprint density at radius 1 is 0.475 bits per heavy atom. The summed E-state index contributed by atoms with van der Waals surface area (Å²) in [7, 11) is 1.93. The van der Waals surface area contributed by atoms with Crippen molar-refractivity contribution in [3.8, 4) is 0 Å². The van der Waals surface area contributed by atoms with Gasteiger partial charge in [0.05, 0.1) is 0 Å². The van der Waals surface area contributed by atoms with Gasteiger partial charge in [-0.3, -0.25) is 9.59 Å². The lowest BCUT2D eigenvalue weighted by molar-refractivity contribution is -0.121. The lowest BCUT2D eigenvalue weighted by Crippen LogP contribution is -2.20. The van der Waals surface area contributed by atoms with E-state index in [0.717, 1.165) is 13.1 Å². The molecule has 0 aliphatic rings. The van der Waals surface area contributed by atoms with Crippen LogP contribution < -0.4 is 10.6 Å². The summed E-state index contributed by atoms with van der Waals surface area (Å²) < 4.78 is 0. The zero-order valence-corrected chi connectivity index (χ0v) is 28.3. The Hall–Kier alpha value is -2.79. The van der Waals surface area contributed by atoms with Gasteiger partial charge in [-0.1, -0.05) is 148 Å². The lowest BCUT2D eigenvalue weighted by Gasteiger charge is -1.93. The van der Waals surface area contributed by atoms with Gasteiger partial charge in [0.1, 0.15) is 11.6 Å². The molecule has 0 bridgehead atoms. The number of rotatable bonds is 6. The van der Waals surface area contributed by atoms with Crippen molar-refractivity contribution in [1.29, 1.82) is 0 Å². The van der Waals surface area contributed by atoms with Crippen molar-refractivity contribution in [2.24, 2.45) is 0 Å². The maximum atomic E-state index is 10.3. The summed E-state index contributed by atoms with van der Waals surface area (Å²) in [5, 5.41) is 5.59. The topological polar surface area (TPSA) is 75.3 Å². The number of Topliss-reactive ketones (excluding diaryl/α,β-unsaturated/α-hetero) is 2. The maximum Gasteiger partial charge on any atom is 0.219 e. The minimum Gasteiger partial charge on any atom is -0.356 e. The summed E-state index contributed by atoms with van der Waals surface area (Å²) in [6.45, 7) is 23.3. The summed E-state index contributed by atoms with van der Waals surface area (Å²) in [6.07, 6.45) is 5.14. The van der Waals surface area contributed by atoms with Crippen molar-refractivity contribution < 1.29 is 14.4 Å². The van der Waals surface area contributed by atoms with Gasteiger partial charge < -0.3 is 15.4 Å². The van der Waals surface area contributed by atoms with Gasteiger partial charge >= 0.3 is 0 Å². The van der Waals surface area contributed by atoms with E-state index in [2.05, 4.69) is 45.3 Å². The minimum absolute atomic E-state index is 0.127. The van der Waals surface area contributed by atoms with Gasteiger partial charge in [-0.15, -0.1) is 0 Å². The SMILES string of the molecule is CCC.CCC.CCC(=O)CC.CCC(C)=O.CCNC.CCNC(=O)CC.c1ccccc1.c1ccccc1. The van der Waals surface area contributed by atoms with Crippen LogP contribution in [0.3, 0.4) is 0 Å². The van der Waals surface area contributed by atoms with Gasteiger partial charge in [-0.25, -0.2) is 0 Å². The molecule has 2 rings (SSSR count). The number of amides is 1. The summed E-state index contributed by atoms with van der Waals surface area (Å²) in [4.78, 5) is 30.3. The monoisotopic (exact) mass is 563 g/mol. The largest absolute Gasteiger partial charge is 0.356 e. The van der Waals surface area contributed by atoms with Gasteiger partial charge in [-0.2, -0.15) is 0 Å². The van der Waals surface area contributed by atoms with Crippen molar-refractivity contribution in [3.05, 3.63) is 72.8 Å². The molecular formula is C35H66N2O3.